The summed E-state index contributed by atoms with van der Waals surface area (Å²) in [4.78, 5) is 39.8. The molecule has 3 rings (SSSR count). The molecule has 1 aromatic heterocycles. The molecule has 0 radical (unpaired) electrons. The molecule has 8 nitrogen and oxygen atoms in total. The summed E-state index contributed by atoms with van der Waals surface area (Å²) in [6.07, 6.45) is 5.85. The van der Waals surface area contributed by atoms with Crippen LogP contribution in [-0.4, -0.2) is 54.1 Å². The number of ether oxygens (including phenoxy) is 1. The highest BCUT2D eigenvalue weighted by Crippen LogP contribution is 2.25. The first-order chi connectivity index (χ1) is 14.0. The largest absolute Gasteiger partial charge is 0.450 e. The van der Waals surface area contributed by atoms with Crippen molar-refractivity contribution in [1.29, 1.82) is 0 Å². The lowest BCUT2D eigenvalue weighted by Crippen LogP contribution is -2.67. The van der Waals surface area contributed by atoms with Gasteiger partial charge >= 0.3 is 6.09 Å². The van der Waals surface area contributed by atoms with E-state index in [-0.39, 0.29) is 23.9 Å². The van der Waals surface area contributed by atoms with E-state index in [4.69, 9.17) is 4.74 Å². The molecule has 2 aliphatic rings. The molecule has 0 aromatic carbocycles. The number of hydrazine groups is 1. The SMILES string of the molecule is CCOC(=O)N1CCC(NNC(=O)c2cccs2)(C(=O)NC2CCCCC2)CC1. The number of carbonyl (C=O) groups is 3. The summed E-state index contributed by atoms with van der Waals surface area (Å²) in [7, 11) is 0. The van der Waals surface area contributed by atoms with Gasteiger partial charge in [-0.1, -0.05) is 25.3 Å². The van der Waals surface area contributed by atoms with Crippen molar-refractivity contribution in [1.82, 2.24) is 21.1 Å². The van der Waals surface area contributed by atoms with Crippen LogP contribution in [0.4, 0.5) is 4.79 Å². The molecule has 0 spiro atoms. The first kappa shape index (κ1) is 21.6. The predicted molar refractivity (Wildman–Crippen MR) is 110 cm³/mol. The lowest BCUT2D eigenvalue weighted by atomic mass is 9.86. The average Bonchev–Trinajstić information content (AvgIpc) is 3.28. The van der Waals surface area contributed by atoms with Gasteiger partial charge in [-0.05, 0) is 44.1 Å². The number of nitrogens with zero attached hydrogens (tertiary/aromatic N) is 1. The van der Waals surface area contributed by atoms with E-state index >= 15 is 0 Å². The quantitative estimate of drug-likeness (QED) is 0.612. The Morgan fingerprint density at radius 1 is 1.21 bits per heavy atom. The third-order valence-electron chi connectivity index (χ3n) is 5.68. The van der Waals surface area contributed by atoms with Gasteiger partial charge in [0.1, 0.15) is 5.54 Å². The number of nitrogens with one attached hydrogen (secondary N) is 3. The Morgan fingerprint density at radius 3 is 2.55 bits per heavy atom. The van der Waals surface area contributed by atoms with Crippen LogP contribution in [0.5, 0.6) is 0 Å². The van der Waals surface area contributed by atoms with Crippen molar-refractivity contribution in [2.24, 2.45) is 0 Å². The minimum atomic E-state index is -0.951. The van der Waals surface area contributed by atoms with Crippen molar-refractivity contribution in [3.05, 3.63) is 22.4 Å². The zero-order valence-corrected chi connectivity index (χ0v) is 17.7. The fourth-order valence-electron chi connectivity index (χ4n) is 3.91. The molecule has 3 amide bonds. The van der Waals surface area contributed by atoms with Crippen LogP contribution in [0.25, 0.3) is 0 Å². The van der Waals surface area contributed by atoms with Gasteiger partial charge in [-0.3, -0.25) is 15.0 Å². The van der Waals surface area contributed by atoms with Crippen molar-refractivity contribution >= 4 is 29.2 Å². The molecule has 2 fully saturated rings. The molecular weight excluding hydrogens is 392 g/mol. The molecule has 160 valence electrons. The lowest BCUT2D eigenvalue weighted by Gasteiger charge is -2.41. The highest BCUT2D eigenvalue weighted by Gasteiger charge is 2.43. The van der Waals surface area contributed by atoms with E-state index in [9.17, 15) is 14.4 Å². The first-order valence-electron chi connectivity index (χ1n) is 10.4. The van der Waals surface area contributed by atoms with Crippen molar-refractivity contribution in [2.75, 3.05) is 19.7 Å². The van der Waals surface area contributed by atoms with Gasteiger partial charge in [0, 0.05) is 19.1 Å². The summed E-state index contributed by atoms with van der Waals surface area (Å²) in [6.45, 7) is 2.86. The van der Waals surface area contributed by atoms with E-state index in [1.165, 1.54) is 17.8 Å². The van der Waals surface area contributed by atoms with Gasteiger partial charge in [-0.2, -0.15) is 0 Å². The summed E-state index contributed by atoms with van der Waals surface area (Å²) in [6, 6.07) is 3.72. The number of hydrogen-bond donors (Lipinski definition) is 3. The van der Waals surface area contributed by atoms with Crippen molar-refractivity contribution < 1.29 is 19.1 Å². The third-order valence-corrected chi connectivity index (χ3v) is 6.55. The maximum atomic E-state index is 13.2. The van der Waals surface area contributed by atoms with Gasteiger partial charge in [0.2, 0.25) is 5.91 Å². The molecule has 1 aliphatic heterocycles. The zero-order valence-electron chi connectivity index (χ0n) is 16.9. The highest BCUT2D eigenvalue weighted by molar-refractivity contribution is 7.12. The first-order valence-corrected chi connectivity index (χ1v) is 11.3. The Kier molecular flexibility index (Phi) is 7.49. The normalized spacial score (nSPS) is 19.4. The molecule has 1 saturated heterocycles. The standard InChI is InChI=1S/C20H30N4O4S/c1-2-28-19(27)24-12-10-20(11-13-24,18(26)21-15-7-4-3-5-8-15)23-22-17(25)16-9-6-14-29-16/h6,9,14-15,23H,2-5,7-8,10-13H2,1H3,(H,21,26)(H,22,25). The molecule has 0 unspecified atom stereocenters. The fraction of sp³-hybridized carbons (Fsp3) is 0.650. The maximum absolute atomic E-state index is 13.2. The summed E-state index contributed by atoms with van der Waals surface area (Å²) in [5.74, 6) is -0.378. The van der Waals surface area contributed by atoms with Crippen LogP contribution in [0.2, 0.25) is 0 Å². The lowest BCUT2D eigenvalue weighted by molar-refractivity contribution is -0.131. The molecule has 1 saturated carbocycles. The van der Waals surface area contributed by atoms with Crippen LogP contribution in [-0.2, 0) is 9.53 Å². The maximum Gasteiger partial charge on any atom is 0.409 e. The zero-order chi connectivity index (χ0) is 20.7. The minimum Gasteiger partial charge on any atom is -0.450 e. The van der Waals surface area contributed by atoms with Crippen molar-refractivity contribution in [2.45, 2.75) is 63.5 Å². The third kappa shape index (κ3) is 5.48. The molecular formula is C20H30N4O4S. The molecule has 3 N–H and O–H groups in total. The van der Waals surface area contributed by atoms with Gasteiger partial charge in [-0.15, -0.1) is 11.3 Å². The molecule has 29 heavy (non-hydrogen) atoms. The number of amides is 3. The molecule has 9 heteroatoms. The van der Waals surface area contributed by atoms with Crippen LogP contribution >= 0.6 is 11.3 Å². The number of likely N-dealkylation sites (tertiary alicyclic amines) is 1. The Bertz CT molecular complexity index is 695. The van der Waals surface area contributed by atoms with E-state index in [2.05, 4.69) is 16.2 Å². The number of rotatable bonds is 6. The highest BCUT2D eigenvalue weighted by atomic mass is 32.1. The summed E-state index contributed by atoms with van der Waals surface area (Å²) >= 11 is 1.34. The summed E-state index contributed by atoms with van der Waals surface area (Å²) < 4.78 is 5.08. The van der Waals surface area contributed by atoms with Crippen LogP contribution in [0.15, 0.2) is 17.5 Å². The van der Waals surface area contributed by atoms with Crippen molar-refractivity contribution in [3.63, 3.8) is 0 Å². The summed E-state index contributed by atoms with van der Waals surface area (Å²) in [5.41, 5.74) is 4.78. The topological polar surface area (TPSA) is 99.8 Å². The van der Waals surface area contributed by atoms with Gasteiger partial charge in [0.15, 0.2) is 0 Å². The van der Waals surface area contributed by atoms with Crippen LogP contribution in [0.3, 0.4) is 0 Å². The second-order valence-electron chi connectivity index (χ2n) is 7.63. The van der Waals surface area contributed by atoms with E-state index in [0.29, 0.717) is 37.4 Å². The van der Waals surface area contributed by atoms with Gasteiger partial charge in [0.05, 0.1) is 11.5 Å². The molecule has 1 aromatic rings. The van der Waals surface area contributed by atoms with E-state index < -0.39 is 5.54 Å². The van der Waals surface area contributed by atoms with Gasteiger partial charge in [-0.25, -0.2) is 10.2 Å². The van der Waals surface area contributed by atoms with Crippen LogP contribution in [0.1, 0.15) is 61.5 Å². The Labute approximate surface area is 175 Å². The fourth-order valence-corrected chi connectivity index (χ4v) is 4.53. The molecule has 0 atom stereocenters. The van der Waals surface area contributed by atoms with E-state index in [0.717, 1.165) is 25.7 Å². The Hall–Kier alpha value is -2.13. The molecule has 1 aliphatic carbocycles. The molecule has 2 heterocycles. The van der Waals surface area contributed by atoms with Gasteiger partial charge < -0.3 is 15.0 Å². The second-order valence-corrected chi connectivity index (χ2v) is 8.58. The minimum absolute atomic E-state index is 0.112. The number of hydrogen-bond acceptors (Lipinski definition) is 6. The Balaban J connectivity index is 1.66. The van der Waals surface area contributed by atoms with Gasteiger partial charge in [0.25, 0.3) is 5.91 Å². The second kappa shape index (κ2) is 10.1. The average molecular weight is 423 g/mol. The van der Waals surface area contributed by atoms with E-state index in [1.54, 1.807) is 17.9 Å². The number of carbonyl (C=O) groups excluding carboxylic acids is 3. The smallest absolute Gasteiger partial charge is 0.409 e. The number of thiophene rings is 1. The van der Waals surface area contributed by atoms with E-state index in [1.807, 2.05) is 11.4 Å². The predicted octanol–water partition coefficient (Wildman–Crippen LogP) is 2.42. The summed E-state index contributed by atoms with van der Waals surface area (Å²) in [5, 5.41) is 5.00. The van der Waals surface area contributed by atoms with Crippen molar-refractivity contribution in [3.8, 4) is 0 Å². The van der Waals surface area contributed by atoms with Crippen LogP contribution < -0.4 is 16.2 Å². The van der Waals surface area contributed by atoms with Crippen LogP contribution in [0, 0.1) is 0 Å². The Morgan fingerprint density at radius 2 is 1.93 bits per heavy atom. The monoisotopic (exact) mass is 422 g/mol. The molecule has 0 bridgehead atoms. The number of piperidine rings is 1.